The molecule has 0 bridgehead atoms. The standard InChI is InChI=1S/C12H15N3O2.CH4S.Ir/c13-10(8-11(14)16)12(17)15-7-6-9-4-2-1-3-5-9;1-2;/h1-5,8H,6-7H2,(H5,13,14,15,16,17);2H,1H3;/p-1. The number of benzene rings is 1. The second kappa shape index (κ2) is 12.7. The molecule has 0 fully saturated rings. The van der Waals surface area contributed by atoms with Crippen molar-refractivity contribution in [2.45, 2.75) is 6.42 Å². The second-order valence-electron chi connectivity index (χ2n) is 3.46. The van der Waals surface area contributed by atoms with Gasteiger partial charge in [0.05, 0.1) is 11.6 Å². The summed E-state index contributed by atoms with van der Waals surface area (Å²) in [5.74, 6) is -1.51. The van der Waals surface area contributed by atoms with E-state index in [-0.39, 0.29) is 25.8 Å². The first-order valence-electron chi connectivity index (χ1n) is 5.59. The van der Waals surface area contributed by atoms with Gasteiger partial charge in [-0.25, -0.2) is 0 Å². The van der Waals surface area contributed by atoms with Gasteiger partial charge in [0.1, 0.15) is 0 Å². The minimum absolute atomic E-state index is 0. The van der Waals surface area contributed by atoms with Crippen LogP contribution in [0.3, 0.4) is 0 Å². The zero-order valence-electron chi connectivity index (χ0n) is 11.1. The molecule has 1 aromatic carbocycles. The molecule has 0 saturated carbocycles. The molecule has 0 aliphatic carbocycles. The van der Waals surface area contributed by atoms with Gasteiger partial charge in [0.15, 0.2) is 0 Å². The Bertz CT molecular complexity index is 439. The molecule has 0 atom stereocenters. The van der Waals surface area contributed by atoms with E-state index in [0.717, 1.165) is 11.6 Å². The molecule has 7 heteroatoms. The van der Waals surface area contributed by atoms with Crippen LogP contribution in [-0.4, -0.2) is 24.6 Å². The molecule has 20 heavy (non-hydrogen) atoms. The molecule has 0 aliphatic heterocycles. The van der Waals surface area contributed by atoms with Crippen LogP contribution in [0.5, 0.6) is 0 Å². The molecule has 0 saturated heterocycles. The Balaban J connectivity index is 0. The maximum absolute atomic E-state index is 11.3. The van der Waals surface area contributed by atoms with Crippen molar-refractivity contribution in [1.29, 1.82) is 0 Å². The zero-order chi connectivity index (χ0) is 14.7. The number of carbonyl (C=O) groups is 2. The number of hydrogen-bond donors (Lipinski definition) is 3. The van der Waals surface area contributed by atoms with E-state index in [9.17, 15) is 9.59 Å². The van der Waals surface area contributed by atoms with Gasteiger partial charge in [0.2, 0.25) is 0 Å². The Morgan fingerprint density at radius 1 is 1.30 bits per heavy atom. The van der Waals surface area contributed by atoms with Crippen molar-refractivity contribution in [3.63, 3.8) is 0 Å². The smallest absolute Gasteiger partial charge is 0.267 e. The molecule has 0 unspecified atom stereocenters. The van der Waals surface area contributed by atoms with Gasteiger partial charge in [-0.15, -0.1) is 0 Å². The summed E-state index contributed by atoms with van der Waals surface area (Å²) in [4.78, 5) is 21.7. The van der Waals surface area contributed by atoms with Crippen LogP contribution < -0.4 is 11.1 Å². The minimum atomic E-state index is -0.985. The van der Waals surface area contributed by atoms with Gasteiger partial charge >= 0.3 is 0 Å². The molecular weight excluding hydrogens is 454 g/mol. The first-order valence-corrected chi connectivity index (χ1v) is 6.48. The van der Waals surface area contributed by atoms with Crippen molar-refractivity contribution in [1.82, 2.24) is 5.32 Å². The van der Waals surface area contributed by atoms with Crippen LogP contribution in [0, 0.1) is 0 Å². The number of hydrogen-bond acceptors (Lipinski definition) is 4. The molecule has 2 amide bonds. The molecule has 0 aromatic heterocycles. The fourth-order valence-electron chi connectivity index (χ4n) is 1.27. The van der Waals surface area contributed by atoms with Crippen molar-refractivity contribution < 1.29 is 29.7 Å². The third-order valence-electron chi connectivity index (χ3n) is 2.09. The van der Waals surface area contributed by atoms with Gasteiger partial charge in [0.25, 0.3) is 5.91 Å². The average Bonchev–Trinajstić information content (AvgIpc) is 2.41. The maximum Gasteiger partial charge on any atom is 0.267 e. The summed E-state index contributed by atoms with van der Waals surface area (Å²) in [6.45, 7) is 0.434. The normalized spacial score (nSPS) is 9.60. The molecule has 113 valence electrons. The Labute approximate surface area is 137 Å². The maximum atomic E-state index is 11.3. The summed E-state index contributed by atoms with van der Waals surface area (Å²) < 4.78 is 0. The number of carbonyl (C=O) groups excluding carboxylic acids is 2. The van der Waals surface area contributed by atoms with E-state index in [2.05, 4.69) is 17.9 Å². The largest absolute Gasteiger partial charge is 0.664 e. The summed E-state index contributed by atoms with van der Waals surface area (Å²) in [7, 11) is 0. The van der Waals surface area contributed by atoms with E-state index >= 15 is 0 Å². The first kappa shape index (κ1) is 21.0. The van der Waals surface area contributed by atoms with Gasteiger partial charge in [-0.1, -0.05) is 30.3 Å². The van der Waals surface area contributed by atoms with Crippen molar-refractivity contribution in [3.8, 4) is 0 Å². The number of rotatable bonds is 5. The molecule has 1 radical (unpaired) electrons. The van der Waals surface area contributed by atoms with Gasteiger partial charge < -0.3 is 21.6 Å². The average molecular weight is 473 g/mol. The van der Waals surface area contributed by atoms with Crippen molar-refractivity contribution >= 4 is 24.4 Å². The van der Waals surface area contributed by atoms with Crippen molar-refractivity contribution in [2.24, 2.45) is 5.73 Å². The topological polar surface area (TPSA) is 96.0 Å². The Morgan fingerprint density at radius 2 is 1.85 bits per heavy atom. The van der Waals surface area contributed by atoms with Gasteiger partial charge in [-0.05, 0) is 24.3 Å². The van der Waals surface area contributed by atoms with Gasteiger partial charge in [-0.2, -0.15) is 12.6 Å². The van der Waals surface area contributed by atoms with E-state index < -0.39 is 11.8 Å². The summed E-state index contributed by atoms with van der Waals surface area (Å²) in [6.07, 6.45) is 3.17. The Morgan fingerprint density at radius 3 is 2.35 bits per heavy atom. The molecule has 0 spiro atoms. The second-order valence-corrected chi connectivity index (χ2v) is 3.46. The minimum Gasteiger partial charge on any atom is -0.664 e. The van der Waals surface area contributed by atoms with E-state index in [4.69, 9.17) is 11.5 Å². The third-order valence-corrected chi connectivity index (χ3v) is 2.09. The zero-order valence-corrected chi connectivity index (χ0v) is 14.3. The van der Waals surface area contributed by atoms with Crippen LogP contribution in [0.15, 0.2) is 42.1 Å². The fraction of sp³-hybridized carbons (Fsp3) is 0.231. The van der Waals surface area contributed by atoms with E-state index in [1.165, 1.54) is 0 Å². The van der Waals surface area contributed by atoms with Crippen LogP contribution in [0.2, 0.25) is 0 Å². The number of amides is 2. The van der Waals surface area contributed by atoms with Crippen LogP contribution >= 0.6 is 12.6 Å². The van der Waals surface area contributed by atoms with Crippen LogP contribution in [0.1, 0.15) is 5.56 Å². The molecule has 1 aromatic rings. The Kier molecular flexibility index (Phi) is 13.4. The van der Waals surface area contributed by atoms with Crippen LogP contribution in [0.25, 0.3) is 5.73 Å². The number of nitrogens with two attached hydrogens (primary N) is 1. The van der Waals surface area contributed by atoms with Crippen molar-refractivity contribution in [2.75, 3.05) is 12.8 Å². The number of nitrogens with one attached hydrogen (secondary N) is 2. The third kappa shape index (κ3) is 9.61. The summed E-state index contributed by atoms with van der Waals surface area (Å²) in [5.41, 5.74) is 12.8. The molecular formula is C13H18IrN3O2S-. The summed E-state index contributed by atoms with van der Waals surface area (Å²) >= 11 is 3.53. The SMILES string of the molecule is CS.[Ir].[NH-]C(=O)/C=C(/N)C(=O)NCCc1ccccc1. The Hall–Kier alpha value is -1.30. The first-order chi connectivity index (χ1) is 9.09. The summed E-state index contributed by atoms with van der Waals surface area (Å²) in [6, 6.07) is 9.67. The fourth-order valence-corrected chi connectivity index (χ4v) is 1.27. The van der Waals surface area contributed by atoms with Crippen LogP contribution in [-0.2, 0) is 36.1 Å². The molecule has 0 aliphatic rings. The van der Waals surface area contributed by atoms with Gasteiger partial charge in [-0.3, -0.25) is 4.79 Å². The number of thiol groups is 1. The monoisotopic (exact) mass is 473 g/mol. The van der Waals surface area contributed by atoms with E-state index in [1.807, 2.05) is 30.3 Å². The van der Waals surface area contributed by atoms with Crippen molar-refractivity contribution in [3.05, 3.63) is 53.4 Å². The molecule has 5 nitrogen and oxygen atoms in total. The molecule has 1 rings (SSSR count). The molecule has 0 heterocycles. The van der Waals surface area contributed by atoms with E-state index in [0.29, 0.717) is 13.0 Å². The van der Waals surface area contributed by atoms with Gasteiger partial charge in [0, 0.05) is 26.7 Å². The summed E-state index contributed by atoms with van der Waals surface area (Å²) in [5, 5.41) is 2.57. The van der Waals surface area contributed by atoms with E-state index in [1.54, 1.807) is 6.26 Å². The quantitative estimate of drug-likeness (QED) is 0.445. The predicted molar refractivity (Wildman–Crippen MR) is 79.7 cm³/mol. The predicted octanol–water partition coefficient (Wildman–Crippen LogP) is 1.31. The van der Waals surface area contributed by atoms with Crippen LogP contribution in [0.4, 0.5) is 0 Å². The molecule has 4 N–H and O–H groups in total.